The van der Waals surface area contributed by atoms with Gasteiger partial charge in [0.15, 0.2) is 5.96 Å². The number of phenols is 1. The molecule has 24 N–H and O–H groups in total. The molecule has 137 heavy (non-hydrogen) atoms. The Labute approximate surface area is 797 Å². The number of likely N-dealkylation sites (N-methyl/N-ethyl adjacent to an activating group) is 3. The first-order valence-corrected chi connectivity index (χ1v) is 47.4. The van der Waals surface area contributed by atoms with E-state index < -0.39 is 260 Å². The monoisotopic (exact) mass is 1930 g/mol. The van der Waals surface area contributed by atoms with Crippen LogP contribution in [0.4, 0.5) is 0 Å². The first-order chi connectivity index (χ1) is 65.3. The van der Waals surface area contributed by atoms with Crippen molar-refractivity contribution in [2.45, 2.75) is 253 Å². The van der Waals surface area contributed by atoms with E-state index in [2.05, 4.69) is 73.4 Å². The molecule has 3 aliphatic rings. The highest BCUT2D eigenvalue weighted by atomic mass is 32.2. The fraction of sp³-hybridized carbons (Fsp3) is 0.554. The highest BCUT2D eigenvalue weighted by Crippen LogP contribution is 2.28. The molecule has 3 aromatic carbocycles. The van der Waals surface area contributed by atoms with E-state index in [0.29, 0.717) is 70.6 Å². The predicted molar refractivity (Wildman–Crippen MR) is 508 cm³/mol. The summed E-state index contributed by atoms with van der Waals surface area (Å²) < 4.78 is 0. The Morgan fingerprint density at radius 1 is 0.577 bits per heavy atom. The maximum Gasteiger partial charge on any atom is 0.303 e. The number of rotatable bonds is 29. The largest absolute Gasteiger partial charge is 0.508 e. The fourth-order valence-electron chi connectivity index (χ4n) is 16.9. The number of aliphatic hydroxyl groups is 2. The number of aliphatic hydroxyl groups excluding tert-OH is 2. The number of carboxylic acid groups (broad SMARTS) is 1. The van der Waals surface area contributed by atoms with Gasteiger partial charge in [0.1, 0.15) is 90.3 Å². The third-order valence-electron chi connectivity index (χ3n) is 24.7. The van der Waals surface area contributed by atoms with Gasteiger partial charge in [-0.15, -0.1) is 11.8 Å². The van der Waals surface area contributed by atoms with E-state index in [1.54, 1.807) is 74.8 Å². The Morgan fingerprint density at radius 3 is 1.74 bits per heavy atom. The number of primary amides is 1. The normalized spacial score (nSPS) is 24.8. The van der Waals surface area contributed by atoms with Crippen LogP contribution in [0.3, 0.4) is 0 Å². The van der Waals surface area contributed by atoms with Gasteiger partial charge < -0.3 is 131 Å². The number of carboxylic acids is 1. The number of aliphatic carboxylic acids is 1. The van der Waals surface area contributed by atoms with Gasteiger partial charge in [-0.05, 0) is 119 Å². The number of nitrogens with one attached hydrogen (secondary N) is 14. The number of aromatic amines is 2. The van der Waals surface area contributed by atoms with Crippen molar-refractivity contribution in [2.24, 2.45) is 22.2 Å². The number of phenolic OH excluding ortho intramolecular Hbond substituents is 1. The molecule has 748 valence electrons. The van der Waals surface area contributed by atoms with Gasteiger partial charge in [0.25, 0.3) is 0 Å². The lowest BCUT2D eigenvalue weighted by Crippen LogP contribution is -2.62. The number of aromatic hydroxyl groups is 1. The number of carbonyl (C=O) groups is 17. The van der Waals surface area contributed by atoms with Gasteiger partial charge in [0, 0.05) is 119 Å². The number of para-hydroxylation sites is 2. The van der Waals surface area contributed by atoms with E-state index in [4.69, 9.17) is 22.6 Å². The number of thioether (sulfide) groups is 1. The molecule has 44 nitrogen and oxygen atoms in total. The molecule has 0 radical (unpaired) electrons. The zero-order chi connectivity index (χ0) is 100. The van der Waals surface area contributed by atoms with Gasteiger partial charge in [-0.2, -0.15) is 0 Å². The quantitative estimate of drug-likeness (QED) is 0.0135. The Balaban J connectivity index is 1.21. The van der Waals surface area contributed by atoms with E-state index in [0.717, 1.165) is 36.3 Å². The van der Waals surface area contributed by atoms with Crippen molar-refractivity contribution in [3.63, 3.8) is 0 Å². The number of carbonyl (C=O) groups excluding carboxylic acids is 16. The van der Waals surface area contributed by atoms with Crippen molar-refractivity contribution in [1.82, 2.24) is 93.0 Å². The molecule has 3 saturated heterocycles. The maximum absolute atomic E-state index is 15.8. The lowest BCUT2D eigenvalue weighted by atomic mass is 9.99. The van der Waals surface area contributed by atoms with Gasteiger partial charge in [-0.1, -0.05) is 101 Å². The number of hydrogen-bond donors (Lipinski definition) is 21. The van der Waals surface area contributed by atoms with Crippen LogP contribution < -0.4 is 75.7 Å². The molecule has 5 heterocycles. The molecule has 8 rings (SSSR count). The summed E-state index contributed by atoms with van der Waals surface area (Å²) >= 11 is 0.773. The number of nitrogens with zero attached hydrogens (tertiary/aromatic N) is 6. The zero-order valence-electron chi connectivity index (χ0n) is 78.5. The van der Waals surface area contributed by atoms with E-state index in [1.807, 2.05) is 13.8 Å². The van der Waals surface area contributed by atoms with Crippen LogP contribution in [0.15, 0.2) is 90.2 Å². The van der Waals surface area contributed by atoms with Gasteiger partial charge in [0.05, 0.1) is 31.1 Å². The molecule has 3 fully saturated rings. The molecule has 1 unspecified atom stereocenters. The van der Waals surface area contributed by atoms with Gasteiger partial charge in [0.2, 0.25) is 94.5 Å². The molecule has 0 aliphatic carbocycles. The summed E-state index contributed by atoms with van der Waals surface area (Å²) in [5.41, 5.74) is 19.9. The molecule has 16 atom stereocenters. The van der Waals surface area contributed by atoms with Crippen LogP contribution in [-0.4, -0.2) is 336 Å². The van der Waals surface area contributed by atoms with Crippen LogP contribution in [0.1, 0.15) is 154 Å². The molecule has 0 saturated carbocycles. The highest BCUT2D eigenvalue weighted by Gasteiger charge is 2.47. The average molecular weight is 1930 g/mol. The summed E-state index contributed by atoms with van der Waals surface area (Å²) in [7, 11) is 3.93. The minimum Gasteiger partial charge on any atom is -0.508 e. The Bertz CT molecular complexity index is 5110. The van der Waals surface area contributed by atoms with Crippen LogP contribution in [0.5, 0.6) is 5.75 Å². The second-order valence-electron chi connectivity index (χ2n) is 34.6. The Kier molecular flexibility index (Phi) is 42.4. The number of amides is 16. The number of nitrogens with two attached hydrogens (primary N) is 3. The third-order valence-corrected chi connectivity index (χ3v) is 25.7. The van der Waals surface area contributed by atoms with Gasteiger partial charge >= 0.3 is 5.97 Å². The van der Waals surface area contributed by atoms with Crippen LogP contribution in [0.25, 0.3) is 21.8 Å². The van der Waals surface area contributed by atoms with Gasteiger partial charge in [-0.25, -0.2) is 0 Å². The van der Waals surface area contributed by atoms with Crippen molar-refractivity contribution in [3.8, 4) is 5.75 Å². The molecule has 0 spiro atoms. The van der Waals surface area contributed by atoms with Crippen molar-refractivity contribution < 1.29 is 102 Å². The number of hydrogen-bond acceptors (Lipinski definition) is 24. The molecule has 5 aromatic rings. The van der Waals surface area contributed by atoms with Crippen molar-refractivity contribution in [2.75, 3.05) is 72.0 Å². The van der Waals surface area contributed by atoms with Crippen LogP contribution in [0, 0.1) is 5.41 Å². The van der Waals surface area contributed by atoms with Crippen molar-refractivity contribution in [3.05, 3.63) is 102 Å². The first kappa shape index (κ1) is 109. The number of guanidine groups is 1. The summed E-state index contributed by atoms with van der Waals surface area (Å²) in [6.45, 7) is 5.34. The van der Waals surface area contributed by atoms with Crippen molar-refractivity contribution >= 4 is 146 Å². The molecular formula is C92H133N23O21S. The summed E-state index contributed by atoms with van der Waals surface area (Å²) in [6.07, 6.45) is 2.80. The fourth-order valence-corrected chi connectivity index (χ4v) is 17.7. The predicted octanol–water partition coefficient (Wildman–Crippen LogP) is -2.34. The molecule has 2 aromatic heterocycles. The Morgan fingerprint density at radius 2 is 1.12 bits per heavy atom. The highest BCUT2D eigenvalue weighted by molar-refractivity contribution is 8.00. The number of fused-ring (bicyclic) bond motifs is 4. The lowest BCUT2D eigenvalue weighted by Gasteiger charge is -2.36. The SMILES string of the molecule is CC=NC(CC)C[C@@H]1NC(=O)[C@@H]2CCCN2C(=O)[C@H](CN)NC(=O)[C@H](C)N(C)C(=O)[C@H](Cc2ccc(O)cc2)NC(=O)CSC[C@@H](C(=O)NCC(N)=O)NC(=O)[C@H](CCCNC(=N)N)NC(=O)[C@H](CCCCC)N(C)C(=O)[C@H](CCCC)N(C)C(=O)[C@H](Cc2c[nH]c3ccccc23)NC(=O)[C@H](CO)NC(=O)[C@H](Cc2c[nH]c3ccccc23)NC(=O)[C@@H]2C[C@@H](O)CN2C(=O)[C@H](CCC(=O)O)NC1=O. The average Bonchev–Trinajstić information content (AvgIpc) is 1.42. The van der Waals surface area contributed by atoms with E-state index in [1.165, 1.54) is 58.5 Å². The molecule has 3 aliphatic heterocycles. The minimum absolute atomic E-state index is 0.00774. The molecule has 45 heteroatoms. The second-order valence-corrected chi connectivity index (χ2v) is 35.7. The van der Waals surface area contributed by atoms with E-state index >= 15 is 43.2 Å². The first-order valence-electron chi connectivity index (χ1n) is 46.3. The zero-order valence-corrected chi connectivity index (χ0v) is 79.4. The smallest absolute Gasteiger partial charge is 0.303 e. The Hall–Kier alpha value is -13.3. The summed E-state index contributed by atoms with van der Waals surface area (Å²) in [5, 5.41) is 81.0. The number of unbranched alkanes of at least 4 members (excludes halogenated alkanes) is 3. The standard InChI is InChI=1S/C92H133N23O21S/c1-9-13-15-28-71-84(129)103-62(26-20-36-98-92(95)96)80(125)110-70(79(124)101-46-75(94)119)49-137-50-76(120)102-66(38-52-30-32-56(117)33-31-52)87(132)111(6)51(5)78(123)108-68(43-93)90(135)114-37-21-29-72(114)85(130)106-65(41-55(11-3)97-12-4)82(127)104-63(34-35-77(121)122)89(134)115-47-57(118)42-74(115)86(131)105-64(39-53-44-99-60-24-18-16-22-58(53)60)81(126)109-69(48-116)83(128)107-67(40-54-45-100-61-25-19-17-23-59(54)61)88(133)113(8)73(27-14-10-2)91(136)112(71)7/h12,16-19,22-25,30-33,44-45,51,55,57,62-74,99-100,116-118H,9-11,13-15,20-21,26-29,34-43,46-50,93H2,1-8H3,(H2,94,119)(H,101,124)(H,102,120)(H,103,129)(H,104,127)(H,105,131)(H,106,130)(H,107,128)(H,108,123)(H,109,126)(H,110,125)(H,121,122)(H4,95,96,98)/t51-,55?,57+,62-,63-,64-,65-,66-,67-,68-,69-,70-,71-,72-,73-,74-/m0/s1. The lowest BCUT2D eigenvalue weighted by molar-refractivity contribution is -0.149. The number of aromatic nitrogens is 2. The topological polar surface area (TPSA) is 665 Å². The number of aliphatic imine (C=N–C) groups is 1. The van der Waals surface area contributed by atoms with Crippen LogP contribution in [0.2, 0.25) is 0 Å². The summed E-state index contributed by atoms with van der Waals surface area (Å²) in [6, 6.07) is -3.26. The summed E-state index contributed by atoms with van der Waals surface area (Å²) in [5.74, 6) is -18.2. The van der Waals surface area contributed by atoms with Crippen LogP contribution in [-0.2, 0) is 101 Å². The van der Waals surface area contributed by atoms with E-state index in [9.17, 15) is 58.8 Å². The third kappa shape index (κ3) is 31.1. The molecular weight excluding hydrogens is 1800 g/mol. The number of benzene rings is 3. The summed E-state index contributed by atoms with van der Waals surface area (Å²) in [4.78, 5) is 266. The van der Waals surface area contributed by atoms with Crippen LogP contribution >= 0.6 is 11.8 Å². The van der Waals surface area contributed by atoms with Gasteiger partial charge in [-0.3, -0.25) is 91.9 Å². The minimum atomic E-state index is -1.93. The number of H-pyrrole nitrogens is 2. The maximum atomic E-state index is 15.8. The second kappa shape index (κ2) is 53.3. The molecule has 16 amide bonds. The van der Waals surface area contributed by atoms with Crippen molar-refractivity contribution in [1.29, 1.82) is 5.41 Å². The molecule has 0 bridgehead atoms. The van der Waals surface area contributed by atoms with E-state index in [-0.39, 0.29) is 89.5 Å².